The molecule has 0 bridgehead atoms. The van der Waals surface area contributed by atoms with Crippen LogP contribution < -0.4 is 0 Å². The van der Waals surface area contributed by atoms with Gasteiger partial charge in [0.25, 0.3) is 0 Å². The molecule has 3 heterocycles. The average Bonchev–Trinajstić information content (AvgIpc) is 3.40. The molecule has 5 heteroatoms. The summed E-state index contributed by atoms with van der Waals surface area (Å²) in [5.74, 6) is 1.15. The number of carbonyl (C=O) groups excluding carboxylic acids is 1. The summed E-state index contributed by atoms with van der Waals surface area (Å²) in [5.41, 5.74) is 1.13. The molecule has 0 saturated carbocycles. The van der Waals surface area contributed by atoms with Crippen molar-refractivity contribution in [2.75, 3.05) is 13.2 Å². The number of hydrogen-bond acceptors (Lipinski definition) is 5. The molecule has 7 unspecified atom stereocenters. The Morgan fingerprint density at radius 2 is 1.93 bits per heavy atom. The first-order chi connectivity index (χ1) is 14.3. The number of epoxide rings is 1. The number of carbonyl (C=O) groups is 1. The van der Waals surface area contributed by atoms with Crippen LogP contribution in [0.5, 0.6) is 0 Å². The van der Waals surface area contributed by atoms with Gasteiger partial charge in [0.2, 0.25) is 0 Å². The summed E-state index contributed by atoms with van der Waals surface area (Å²) in [6.07, 6.45) is 12.3. The molecule has 3 saturated heterocycles. The Morgan fingerprint density at radius 3 is 2.63 bits per heavy atom. The van der Waals surface area contributed by atoms with E-state index in [0.29, 0.717) is 18.3 Å². The molecule has 0 radical (unpaired) electrons. The lowest BCUT2D eigenvalue weighted by Gasteiger charge is -2.35. The first kappa shape index (κ1) is 23.6. The van der Waals surface area contributed by atoms with Crippen LogP contribution in [-0.2, 0) is 23.7 Å². The van der Waals surface area contributed by atoms with Gasteiger partial charge in [-0.05, 0) is 56.9 Å². The van der Waals surface area contributed by atoms with Crippen molar-refractivity contribution in [3.8, 4) is 0 Å². The van der Waals surface area contributed by atoms with E-state index >= 15 is 0 Å². The lowest BCUT2D eigenvalue weighted by molar-refractivity contribution is -0.204. The maximum absolute atomic E-state index is 10.8. The number of ether oxygens (including phenoxy) is 4. The Labute approximate surface area is 182 Å². The smallest absolute Gasteiger partial charge is 0.162 e. The van der Waals surface area contributed by atoms with E-state index in [0.717, 1.165) is 45.2 Å². The fraction of sp³-hybridized carbons (Fsp3) is 0.800. The van der Waals surface area contributed by atoms with Crippen molar-refractivity contribution >= 4 is 6.29 Å². The van der Waals surface area contributed by atoms with Crippen LogP contribution in [0.25, 0.3) is 0 Å². The quantitative estimate of drug-likeness (QED) is 0.303. The molecular formula is C25H40O5. The van der Waals surface area contributed by atoms with Crippen LogP contribution in [-0.4, -0.2) is 49.7 Å². The van der Waals surface area contributed by atoms with Crippen LogP contribution in [0, 0.1) is 17.8 Å². The standard InChI is InChI=1S/C25H40O5/c1-17(16-25(5)23(30-25)20(4)24-27-14-7-15-28-24)8-6-9-18(2)22-19(3)10-11-21(29-22)12-13-26/h6,8-9,13,17,19-24H,7,10-12,14-16H2,1-5H3/b8-6+,18-9+. The highest BCUT2D eigenvalue weighted by Crippen LogP contribution is 2.47. The first-order valence-corrected chi connectivity index (χ1v) is 11.7. The minimum Gasteiger partial charge on any atom is -0.370 e. The topological polar surface area (TPSA) is 57.3 Å². The largest absolute Gasteiger partial charge is 0.370 e. The second-order valence-electron chi connectivity index (χ2n) is 9.79. The van der Waals surface area contributed by atoms with Crippen LogP contribution in [0.15, 0.2) is 23.8 Å². The lowest BCUT2D eigenvalue weighted by atomic mass is 9.88. The summed E-state index contributed by atoms with van der Waals surface area (Å²) in [7, 11) is 0. The summed E-state index contributed by atoms with van der Waals surface area (Å²) in [5, 5.41) is 0. The minimum absolute atomic E-state index is 0.0676. The monoisotopic (exact) mass is 420 g/mol. The Morgan fingerprint density at radius 1 is 1.20 bits per heavy atom. The Kier molecular flexibility index (Phi) is 8.31. The number of rotatable bonds is 9. The highest BCUT2D eigenvalue weighted by atomic mass is 16.7. The van der Waals surface area contributed by atoms with Crippen molar-refractivity contribution in [3.05, 3.63) is 23.8 Å². The summed E-state index contributed by atoms with van der Waals surface area (Å²) < 4.78 is 23.8. The molecule has 0 aromatic carbocycles. The molecule has 3 rings (SSSR count). The predicted octanol–water partition coefficient (Wildman–Crippen LogP) is 4.84. The number of allylic oxidation sites excluding steroid dienone is 3. The van der Waals surface area contributed by atoms with Crippen molar-refractivity contribution in [1.29, 1.82) is 0 Å². The van der Waals surface area contributed by atoms with E-state index in [-0.39, 0.29) is 36.1 Å². The number of aldehydes is 1. The van der Waals surface area contributed by atoms with Gasteiger partial charge in [-0.1, -0.05) is 39.0 Å². The molecule has 5 nitrogen and oxygen atoms in total. The third-order valence-electron chi connectivity index (χ3n) is 6.83. The van der Waals surface area contributed by atoms with Gasteiger partial charge in [0.05, 0.1) is 37.1 Å². The van der Waals surface area contributed by atoms with Crippen molar-refractivity contribution < 1.29 is 23.7 Å². The van der Waals surface area contributed by atoms with Gasteiger partial charge in [-0.3, -0.25) is 0 Å². The van der Waals surface area contributed by atoms with Gasteiger partial charge in [0, 0.05) is 12.3 Å². The van der Waals surface area contributed by atoms with E-state index in [1.165, 1.54) is 5.57 Å². The minimum atomic E-state index is -0.137. The second kappa shape index (κ2) is 10.5. The zero-order chi connectivity index (χ0) is 21.7. The maximum atomic E-state index is 10.8. The second-order valence-corrected chi connectivity index (χ2v) is 9.79. The zero-order valence-corrected chi connectivity index (χ0v) is 19.3. The van der Waals surface area contributed by atoms with Gasteiger partial charge >= 0.3 is 0 Å². The van der Waals surface area contributed by atoms with Crippen LogP contribution in [0.3, 0.4) is 0 Å². The molecule has 3 aliphatic rings. The van der Waals surface area contributed by atoms with Crippen molar-refractivity contribution in [2.45, 2.75) is 96.9 Å². The molecule has 170 valence electrons. The molecule has 7 atom stereocenters. The average molecular weight is 421 g/mol. The molecular weight excluding hydrogens is 380 g/mol. The summed E-state index contributed by atoms with van der Waals surface area (Å²) >= 11 is 0. The van der Waals surface area contributed by atoms with Crippen LogP contribution in [0.1, 0.15) is 66.7 Å². The molecule has 0 amide bonds. The van der Waals surface area contributed by atoms with Crippen LogP contribution in [0.4, 0.5) is 0 Å². The molecule has 0 aromatic heterocycles. The van der Waals surface area contributed by atoms with E-state index < -0.39 is 0 Å². The van der Waals surface area contributed by atoms with E-state index in [4.69, 9.17) is 18.9 Å². The fourth-order valence-electron chi connectivity index (χ4n) is 5.08. The van der Waals surface area contributed by atoms with Crippen molar-refractivity contribution in [1.82, 2.24) is 0 Å². The third kappa shape index (κ3) is 6.03. The van der Waals surface area contributed by atoms with Gasteiger partial charge in [0.15, 0.2) is 6.29 Å². The molecule has 0 spiro atoms. The molecule has 3 aliphatic heterocycles. The van der Waals surface area contributed by atoms with Gasteiger partial charge in [0.1, 0.15) is 6.29 Å². The normalized spacial score (nSPS) is 37.8. The lowest BCUT2D eigenvalue weighted by Crippen LogP contribution is -2.35. The molecule has 30 heavy (non-hydrogen) atoms. The molecule has 0 aromatic rings. The van der Waals surface area contributed by atoms with Crippen LogP contribution >= 0.6 is 0 Å². The molecule has 0 aliphatic carbocycles. The Bertz CT molecular complexity index is 623. The number of hydrogen-bond donors (Lipinski definition) is 0. The van der Waals surface area contributed by atoms with Crippen LogP contribution in [0.2, 0.25) is 0 Å². The first-order valence-electron chi connectivity index (χ1n) is 11.7. The fourth-order valence-corrected chi connectivity index (χ4v) is 5.08. The Balaban J connectivity index is 1.48. The van der Waals surface area contributed by atoms with Gasteiger partial charge in [-0.25, -0.2) is 0 Å². The van der Waals surface area contributed by atoms with Crippen molar-refractivity contribution in [2.24, 2.45) is 17.8 Å². The van der Waals surface area contributed by atoms with E-state index in [1.54, 1.807) is 0 Å². The summed E-state index contributed by atoms with van der Waals surface area (Å²) in [6.45, 7) is 12.5. The summed E-state index contributed by atoms with van der Waals surface area (Å²) in [4.78, 5) is 10.8. The highest BCUT2D eigenvalue weighted by molar-refractivity contribution is 5.50. The van der Waals surface area contributed by atoms with Gasteiger partial charge in [-0.15, -0.1) is 0 Å². The van der Waals surface area contributed by atoms with Gasteiger partial charge < -0.3 is 23.7 Å². The maximum Gasteiger partial charge on any atom is 0.162 e. The summed E-state index contributed by atoms with van der Waals surface area (Å²) in [6, 6.07) is 0. The third-order valence-corrected chi connectivity index (χ3v) is 6.83. The Hall–Kier alpha value is -1.01. The van der Waals surface area contributed by atoms with E-state index in [1.807, 2.05) is 0 Å². The van der Waals surface area contributed by atoms with E-state index in [2.05, 4.69) is 52.8 Å². The molecule has 0 N–H and O–H groups in total. The highest BCUT2D eigenvalue weighted by Gasteiger charge is 2.57. The predicted molar refractivity (Wildman–Crippen MR) is 117 cm³/mol. The SMILES string of the molecule is C/C(=C\C=C\C(C)CC1(C)OC1C(C)C1OCCCO1)C1OC(CC=O)CCC1C. The molecule has 3 fully saturated rings. The van der Waals surface area contributed by atoms with Crippen molar-refractivity contribution in [3.63, 3.8) is 0 Å². The zero-order valence-electron chi connectivity index (χ0n) is 19.3. The van der Waals surface area contributed by atoms with Gasteiger partial charge in [-0.2, -0.15) is 0 Å². The van der Waals surface area contributed by atoms with E-state index in [9.17, 15) is 4.79 Å².